The van der Waals surface area contributed by atoms with Crippen LogP contribution in [0.5, 0.6) is 0 Å². The Morgan fingerprint density at radius 2 is 1.68 bits per heavy atom. The SMILES string of the molecule is CCCNC(CC(CC)CC)c1ccccc1CC. The van der Waals surface area contributed by atoms with Crippen LogP contribution in [0.15, 0.2) is 24.3 Å². The zero-order chi connectivity index (χ0) is 14.1. The Kier molecular flexibility index (Phi) is 7.81. The van der Waals surface area contributed by atoms with Crippen molar-refractivity contribution in [3.8, 4) is 0 Å². The summed E-state index contributed by atoms with van der Waals surface area (Å²) in [5.41, 5.74) is 3.02. The van der Waals surface area contributed by atoms with E-state index in [0.29, 0.717) is 6.04 Å². The molecule has 0 aliphatic heterocycles. The van der Waals surface area contributed by atoms with Gasteiger partial charge in [0.25, 0.3) is 0 Å². The summed E-state index contributed by atoms with van der Waals surface area (Å²) in [5.74, 6) is 0.833. The normalized spacial score (nSPS) is 12.9. The second-order valence-electron chi connectivity index (χ2n) is 5.48. The molecule has 0 aromatic heterocycles. The van der Waals surface area contributed by atoms with Crippen molar-refractivity contribution in [3.05, 3.63) is 35.4 Å². The minimum atomic E-state index is 0.529. The lowest BCUT2D eigenvalue weighted by molar-refractivity contribution is 0.370. The van der Waals surface area contributed by atoms with Crippen molar-refractivity contribution in [3.63, 3.8) is 0 Å². The molecule has 1 N–H and O–H groups in total. The maximum Gasteiger partial charge on any atom is 0.0325 e. The quantitative estimate of drug-likeness (QED) is 0.651. The van der Waals surface area contributed by atoms with Crippen LogP contribution in [-0.2, 0) is 6.42 Å². The third kappa shape index (κ3) is 4.99. The summed E-state index contributed by atoms with van der Waals surface area (Å²) < 4.78 is 0. The van der Waals surface area contributed by atoms with Crippen molar-refractivity contribution in [2.45, 2.75) is 65.8 Å². The average Bonchev–Trinajstić information content (AvgIpc) is 2.47. The largest absolute Gasteiger partial charge is 0.310 e. The second kappa shape index (κ2) is 9.14. The fourth-order valence-electron chi connectivity index (χ4n) is 2.79. The summed E-state index contributed by atoms with van der Waals surface area (Å²) in [6, 6.07) is 9.47. The van der Waals surface area contributed by atoms with Gasteiger partial charge in [-0.1, -0.05) is 64.8 Å². The number of hydrogen-bond donors (Lipinski definition) is 1. The summed E-state index contributed by atoms with van der Waals surface area (Å²) in [4.78, 5) is 0. The van der Waals surface area contributed by atoms with Crippen LogP contribution < -0.4 is 5.32 Å². The lowest BCUT2D eigenvalue weighted by atomic mass is 9.88. The molecule has 0 saturated heterocycles. The second-order valence-corrected chi connectivity index (χ2v) is 5.48. The average molecular weight is 261 g/mol. The van der Waals surface area contributed by atoms with Crippen LogP contribution >= 0.6 is 0 Å². The van der Waals surface area contributed by atoms with Gasteiger partial charge in [0.2, 0.25) is 0 Å². The molecule has 1 atom stereocenters. The third-order valence-corrected chi connectivity index (χ3v) is 4.18. The van der Waals surface area contributed by atoms with E-state index in [1.165, 1.54) is 36.8 Å². The van der Waals surface area contributed by atoms with Crippen molar-refractivity contribution in [2.75, 3.05) is 6.54 Å². The number of benzene rings is 1. The Balaban J connectivity index is 2.88. The van der Waals surface area contributed by atoms with Crippen LogP contribution in [0.3, 0.4) is 0 Å². The van der Waals surface area contributed by atoms with Gasteiger partial charge in [-0.3, -0.25) is 0 Å². The molecule has 0 heterocycles. The zero-order valence-electron chi connectivity index (χ0n) is 13.2. The first-order chi connectivity index (χ1) is 9.26. The first-order valence-electron chi connectivity index (χ1n) is 8.07. The van der Waals surface area contributed by atoms with Gasteiger partial charge in [-0.2, -0.15) is 0 Å². The smallest absolute Gasteiger partial charge is 0.0325 e. The van der Waals surface area contributed by atoms with Gasteiger partial charge in [0.1, 0.15) is 0 Å². The molecule has 1 aromatic carbocycles. The minimum absolute atomic E-state index is 0.529. The van der Waals surface area contributed by atoms with E-state index in [1.54, 1.807) is 0 Å². The van der Waals surface area contributed by atoms with Crippen molar-refractivity contribution >= 4 is 0 Å². The highest BCUT2D eigenvalue weighted by Gasteiger charge is 2.17. The van der Waals surface area contributed by atoms with E-state index >= 15 is 0 Å². The molecule has 0 bridgehead atoms. The van der Waals surface area contributed by atoms with Crippen molar-refractivity contribution in [1.82, 2.24) is 5.32 Å². The minimum Gasteiger partial charge on any atom is -0.310 e. The lowest BCUT2D eigenvalue weighted by Gasteiger charge is -2.25. The highest BCUT2D eigenvalue weighted by molar-refractivity contribution is 5.30. The Hall–Kier alpha value is -0.820. The summed E-state index contributed by atoms with van der Waals surface area (Å²) in [6.45, 7) is 10.2. The molecule has 108 valence electrons. The van der Waals surface area contributed by atoms with Crippen molar-refractivity contribution in [2.24, 2.45) is 5.92 Å². The molecule has 0 spiro atoms. The molecule has 19 heavy (non-hydrogen) atoms. The molecule has 1 aromatic rings. The molecule has 0 amide bonds. The predicted molar refractivity (Wildman–Crippen MR) is 85.5 cm³/mol. The highest BCUT2D eigenvalue weighted by Crippen LogP contribution is 2.27. The van der Waals surface area contributed by atoms with Crippen LogP contribution in [0.1, 0.15) is 70.5 Å². The monoisotopic (exact) mass is 261 g/mol. The van der Waals surface area contributed by atoms with Crippen LogP contribution in [0, 0.1) is 5.92 Å². The molecule has 1 unspecified atom stereocenters. The topological polar surface area (TPSA) is 12.0 Å². The fraction of sp³-hybridized carbons (Fsp3) is 0.667. The van der Waals surface area contributed by atoms with E-state index in [9.17, 15) is 0 Å². The Labute approximate surface area is 119 Å². The molecule has 1 heteroatoms. The fourth-order valence-corrected chi connectivity index (χ4v) is 2.79. The third-order valence-electron chi connectivity index (χ3n) is 4.18. The number of rotatable bonds is 9. The van der Waals surface area contributed by atoms with Gasteiger partial charge in [0.05, 0.1) is 0 Å². The maximum absolute atomic E-state index is 3.76. The van der Waals surface area contributed by atoms with E-state index in [2.05, 4.69) is 57.3 Å². The van der Waals surface area contributed by atoms with E-state index in [0.717, 1.165) is 18.9 Å². The van der Waals surface area contributed by atoms with Gasteiger partial charge in [-0.05, 0) is 42.9 Å². The molecule has 0 aliphatic rings. The number of nitrogens with one attached hydrogen (secondary N) is 1. The lowest BCUT2D eigenvalue weighted by Crippen LogP contribution is -2.25. The summed E-state index contributed by atoms with van der Waals surface area (Å²) in [6.07, 6.45) is 6.17. The molecule has 0 saturated carbocycles. The van der Waals surface area contributed by atoms with E-state index in [1.807, 2.05) is 0 Å². The summed E-state index contributed by atoms with van der Waals surface area (Å²) in [7, 11) is 0. The van der Waals surface area contributed by atoms with E-state index in [-0.39, 0.29) is 0 Å². The first kappa shape index (κ1) is 16.2. The van der Waals surface area contributed by atoms with Gasteiger partial charge in [0, 0.05) is 6.04 Å². The van der Waals surface area contributed by atoms with Crippen LogP contribution in [0.25, 0.3) is 0 Å². The molecule has 0 aliphatic carbocycles. The molecule has 1 rings (SSSR count). The van der Waals surface area contributed by atoms with Crippen LogP contribution in [0.2, 0.25) is 0 Å². The van der Waals surface area contributed by atoms with Crippen molar-refractivity contribution < 1.29 is 0 Å². The molecular formula is C18H31N. The van der Waals surface area contributed by atoms with E-state index < -0.39 is 0 Å². The highest BCUT2D eigenvalue weighted by atomic mass is 14.9. The number of hydrogen-bond acceptors (Lipinski definition) is 1. The Morgan fingerprint density at radius 3 is 2.26 bits per heavy atom. The molecule has 0 radical (unpaired) electrons. The van der Waals surface area contributed by atoms with Gasteiger partial charge < -0.3 is 5.32 Å². The van der Waals surface area contributed by atoms with Crippen LogP contribution in [-0.4, -0.2) is 6.54 Å². The Morgan fingerprint density at radius 1 is 1.00 bits per heavy atom. The zero-order valence-corrected chi connectivity index (χ0v) is 13.2. The van der Waals surface area contributed by atoms with Gasteiger partial charge in [-0.25, -0.2) is 0 Å². The van der Waals surface area contributed by atoms with Gasteiger partial charge in [0.15, 0.2) is 0 Å². The van der Waals surface area contributed by atoms with Gasteiger partial charge in [-0.15, -0.1) is 0 Å². The van der Waals surface area contributed by atoms with Gasteiger partial charge >= 0.3 is 0 Å². The van der Waals surface area contributed by atoms with Crippen molar-refractivity contribution in [1.29, 1.82) is 0 Å². The standard InChI is InChI=1S/C18H31N/c1-5-13-19-18(14-15(6-2)7-3)17-12-10-9-11-16(17)8-4/h9-12,15,18-19H,5-8,13-14H2,1-4H3. The molecule has 1 nitrogen and oxygen atoms in total. The molecular weight excluding hydrogens is 230 g/mol. The Bertz CT molecular complexity index is 341. The number of aryl methyl sites for hydroxylation is 1. The van der Waals surface area contributed by atoms with E-state index in [4.69, 9.17) is 0 Å². The predicted octanol–water partition coefficient (Wildman–Crippen LogP) is 5.12. The summed E-state index contributed by atoms with van der Waals surface area (Å²) >= 11 is 0. The summed E-state index contributed by atoms with van der Waals surface area (Å²) in [5, 5.41) is 3.76. The first-order valence-corrected chi connectivity index (χ1v) is 8.07. The molecule has 0 fully saturated rings. The maximum atomic E-state index is 3.76. The van der Waals surface area contributed by atoms with Crippen LogP contribution in [0.4, 0.5) is 0 Å².